The third kappa shape index (κ3) is 2.97. The summed E-state index contributed by atoms with van der Waals surface area (Å²) < 4.78 is 7.54. The van der Waals surface area contributed by atoms with Crippen LogP contribution < -0.4 is 10.1 Å². The van der Waals surface area contributed by atoms with Crippen LogP contribution in [0, 0.1) is 6.92 Å². The summed E-state index contributed by atoms with van der Waals surface area (Å²) in [6, 6.07) is 17.2. The van der Waals surface area contributed by atoms with Crippen molar-refractivity contribution in [3.8, 4) is 5.75 Å². The van der Waals surface area contributed by atoms with Gasteiger partial charge in [0.15, 0.2) is 0 Å². The van der Waals surface area contributed by atoms with Crippen LogP contribution in [0.2, 0.25) is 0 Å². The number of nitrogens with zero attached hydrogens (tertiary/aromatic N) is 3. The van der Waals surface area contributed by atoms with Crippen LogP contribution in [0.3, 0.4) is 0 Å². The van der Waals surface area contributed by atoms with Gasteiger partial charge >= 0.3 is 0 Å². The number of anilines is 1. The molecule has 2 heterocycles. The monoisotopic (exact) mass is 334 g/mol. The molecule has 4 rings (SSSR count). The summed E-state index contributed by atoms with van der Waals surface area (Å²) in [6.45, 7) is 4.83. The summed E-state index contributed by atoms with van der Waals surface area (Å²) in [7, 11) is 0. The van der Waals surface area contributed by atoms with E-state index in [9.17, 15) is 0 Å². The number of aromatic nitrogens is 3. The van der Waals surface area contributed by atoms with E-state index in [1.54, 1.807) is 6.33 Å². The lowest BCUT2D eigenvalue weighted by Crippen LogP contribution is -2.28. The Labute approximate surface area is 147 Å². The zero-order valence-corrected chi connectivity index (χ0v) is 14.5. The average molecular weight is 334 g/mol. The summed E-state index contributed by atoms with van der Waals surface area (Å²) in [6.07, 6.45) is 2.55. The summed E-state index contributed by atoms with van der Waals surface area (Å²) in [5, 5.41) is 7.96. The van der Waals surface area contributed by atoms with Gasteiger partial charge < -0.3 is 10.1 Å². The van der Waals surface area contributed by atoms with Crippen LogP contribution in [0.15, 0.2) is 54.9 Å². The first-order chi connectivity index (χ1) is 12.3. The van der Waals surface area contributed by atoms with E-state index in [1.165, 1.54) is 16.7 Å². The zero-order valence-electron chi connectivity index (χ0n) is 14.5. The molecule has 0 saturated heterocycles. The van der Waals surface area contributed by atoms with E-state index in [0.29, 0.717) is 6.61 Å². The van der Waals surface area contributed by atoms with Gasteiger partial charge in [0.1, 0.15) is 12.1 Å². The molecule has 0 unspecified atom stereocenters. The second-order valence-corrected chi connectivity index (χ2v) is 6.34. The number of ether oxygens (including phenoxy) is 1. The fourth-order valence-electron chi connectivity index (χ4n) is 3.52. The Hall–Kier alpha value is -2.82. The van der Waals surface area contributed by atoms with Gasteiger partial charge in [-0.15, -0.1) is 0 Å². The molecule has 1 aliphatic heterocycles. The first-order valence-electron chi connectivity index (χ1n) is 8.70. The molecule has 0 aliphatic carbocycles. The predicted molar refractivity (Wildman–Crippen MR) is 97.9 cm³/mol. The van der Waals surface area contributed by atoms with E-state index in [1.807, 2.05) is 23.7 Å². The molecule has 0 radical (unpaired) electrons. The number of nitrogens with one attached hydrogen (secondary N) is 1. The Morgan fingerprint density at radius 3 is 2.72 bits per heavy atom. The number of hydrogen-bond donors (Lipinski definition) is 1. The maximum atomic E-state index is 5.55. The number of rotatable bonds is 4. The molecule has 1 N–H and O–H groups in total. The molecule has 0 saturated carbocycles. The second-order valence-electron chi connectivity index (χ2n) is 6.34. The van der Waals surface area contributed by atoms with Crippen molar-refractivity contribution in [3.63, 3.8) is 0 Å². The number of fused-ring (bicyclic) bond motifs is 1. The van der Waals surface area contributed by atoms with Crippen molar-refractivity contribution < 1.29 is 4.74 Å². The van der Waals surface area contributed by atoms with Gasteiger partial charge in [-0.25, -0.2) is 4.68 Å². The molecule has 128 valence electrons. The summed E-state index contributed by atoms with van der Waals surface area (Å²) in [5.74, 6) is 1.72. The minimum absolute atomic E-state index is 0.177. The van der Waals surface area contributed by atoms with E-state index in [0.717, 1.165) is 18.1 Å². The second kappa shape index (κ2) is 6.59. The summed E-state index contributed by atoms with van der Waals surface area (Å²) >= 11 is 0. The molecule has 5 heteroatoms. The molecule has 1 aliphatic rings. The number of aryl methyl sites for hydroxylation is 1. The normalized spacial score (nSPS) is 19.1. The van der Waals surface area contributed by atoms with E-state index in [2.05, 4.69) is 58.7 Å². The van der Waals surface area contributed by atoms with Gasteiger partial charge in [0.2, 0.25) is 5.95 Å². The Bertz CT molecular complexity index is 856. The molecule has 2 atom stereocenters. The molecular formula is C20H22N4O. The predicted octanol–water partition coefficient (Wildman–Crippen LogP) is 4.13. The molecule has 25 heavy (non-hydrogen) atoms. The lowest BCUT2D eigenvalue weighted by atomic mass is 9.91. The van der Waals surface area contributed by atoms with Crippen molar-refractivity contribution in [2.75, 3.05) is 11.9 Å². The Kier molecular flexibility index (Phi) is 4.14. The standard InChI is InChI=1S/C20H22N4O/c1-3-25-16-10-8-15(9-11-16)18-12-19(17-7-5-4-6-14(17)2)24-20(23-18)21-13-22-24/h4-11,13,18-19H,3,12H2,1-2H3,(H,21,22,23)/t18-,19-/m0/s1. The van der Waals surface area contributed by atoms with Gasteiger partial charge in [0.25, 0.3) is 0 Å². The van der Waals surface area contributed by atoms with Gasteiger partial charge in [-0.1, -0.05) is 36.4 Å². The Balaban J connectivity index is 1.67. The van der Waals surface area contributed by atoms with Crippen molar-refractivity contribution >= 4 is 5.95 Å². The molecular weight excluding hydrogens is 312 g/mol. The Morgan fingerprint density at radius 1 is 1.16 bits per heavy atom. The van der Waals surface area contributed by atoms with Crippen LogP contribution >= 0.6 is 0 Å². The number of benzene rings is 2. The smallest absolute Gasteiger partial charge is 0.222 e. The first kappa shape index (κ1) is 15.7. The average Bonchev–Trinajstić information content (AvgIpc) is 3.11. The molecule has 2 aromatic carbocycles. The molecule has 0 bridgehead atoms. The fraction of sp³-hybridized carbons (Fsp3) is 0.300. The van der Waals surface area contributed by atoms with E-state index < -0.39 is 0 Å². The van der Waals surface area contributed by atoms with Crippen LogP contribution in [0.4, 0.5) is 5.95 Å². The van der Waals surface area contributed by atoms with E-state index in [4.69, 9.17) is 4.74 Å². The highest BCUT2D eigenvalue weighted by molar-refractivity contribution is 5.41. The quantitative estimate of drug-likeness (QED) is 0.779. The van der Waals surface area contributed by atoms with Crippen LogP contribution in [-0.4, -0.2) is 21.4 Å². The largest absolute Gasteiger partial charge is 0.494 e. The lowest BCUT2D eigenvalue weighted by molar-refractivity contribution is 0.340. The highest BCUT2D eigenvalue weighted by Gasteiger charge is 2.30. The minimum Gasteiger partial charge on any atom is -0.494 e. The lowest BCUT2D eigenvalue weighted by Gasteiger charge is -2.32. The van der Waals surface area contributed by atoms with Crippen molar-refractivity contribution in [1.29, 1.82) is 0 Å². The highest BCUT2D eigenvalue weighted by atomic mass is 16.5. The van der Waals surface area contributed by atoms with Crippen LogP contribution in [0.5, 0.6) is 5.75 Å². The molecule has 0 amide bonds. The molecule has 3 aromatic rings. The van der Waals surface area contributed by atoms with Crippen molar-refractivity contribution in [2.45, 2.75) is 32.4 Å². The van der Waals surface area contributed by atoms with Crippen LogP contribution in [0.25, 0.3) is 0 Å². The van der Waals surface area contributed by atoms with Crippen molar-refractivity contribution in [3.05, 3.63) is 71.5 Å². The topological polar surface area (TPSA) is 52.0 Å². The molecule has 0 fully saturated rings. The fourth-order valence-corrected chi connectivity index (χ4v) is 3.52. The molecule has 5 nitrogen and oxygen atoms in total. The summed E-state index contributed by atoms with van der Waals surface area (Å²) in [5.41, 5.74) is 3.81. The third-order valence-electron chi connectivity index (χ3n) is 4.77. The van der Waals surface area contributed by atoms with Gasteiger partial charge in [-0.3, -0.25) is 0 Å². The maximum Gasteiger partial charge on any atom is 0.222 e. The van der Waals surface area contributed by atoms with Crippen LogP contribution in [0.1, 0.15) is 42.1 Å². The van der Waals surface area contributed by atoms with Crippen molar-refractivity contribution in [2.24, 2.45) is 0 Å². The maximum absolute atomic E-state index is 5.55. The Morgan fingerprint density at radius 2 is 1.96 bits per heavy atom. The first-order valence-corrected chi connectivity index (χ1v) is 8.70. The van der Waals surface area contributed by atoms with E-state index >= 15 is 0 Å². The minimum atomic E-state index is 0.177. The molecule has 0 spiro atoms. The zero-order chi connectivity index (χ0) is 17.2. The van der Waals surface area contributed by atoms with Crippen molar-refractivity contribution in [1.82, 2.24) is 14.8 Å². The summed E-state index contributed by atoms with van der Waals surface area (Å²) in [4.78, 5) is 4.40. The van der Waals surface area contributed by atoms with E-state index in [-0.39, 0.29) is 12.1 Å². The number of hydrogen-bond acceptors (Lipinski definition) is 4. The van der Waals surface area contributed by atoms with Crippen LogP contribution in [-0.2, 0) is 0 Å². The molecule has 1 aromatic heterocycles. The van der Waals surface area contributed by atoms with Gasteiger partial charge in [0.05, 0.1) is 18.7 Å². The van der Waals surface area contributed by atoms with Gasteiger partial charge in [-0.2, -0.15) is 10.1 Å². The third-order valence-corrected chi connectivity index (χ3v) is 4.77. The van der Waals surface area contributed by atoms with Gasteiger partial charge in [-0.05, 0) is 49.1 Å². The van der Waals surface area contributed by atoms with Gasteiger partial charge in [0, 0.05) is 0 Å². The highest BCUT2D eigenvalue weighted by Crippen LogP contribution is 2.38. The SMILES string of the molecule is CCOc1ccc([C@@H]2C[C@@H](c3ccccc3C)n3ncnc3N2)cc1.